The number of hydrogen-bond donors (Lipinski definition) is 1. The molecule has 5 heteroatoms. The van der Waals surface area contributed by atoms with Crippen LogP contribution in [0.25, 0.3) is 0 Å². The van der Waals surface area contributed by atoms with Crippen molar-refractivity contribution >= 4 is 11.6 Å². The second-order valence-electron chi connectivity index (χ2n) is 5.47. The molecule has 1 N–H and O–H groups in total. The van der Waals surface area contributed by atoms with Crippen molar-refractivity contribution in [2.75, 3.05) is 13.7 Å². The van der Waals surface area contributed by atoms with Crippen LogP contribution in [0, 0.1) is 12.8 Å². The maximum absolute atomic E-state index is 6.41. The van der Waals surface area contributed by atoms with Crippen LogP contribution in [0.3, 0.4) is 0 Å². The minimum Gasteiger partial charge on any atom is -0.380 e. The number of aryl methyl sites for hydroxylation is 2. The SMILES string of the molecule is CCNC(Cc1c(Cl)c(C)nn1CC)C(OC)C(C)C. The summed E-state index contributed by atoms with van der Waals surface area (Å²) in [5.41, 5.74) is 2.00. The number of hydrogen-bond acceptors (Lipinski definition) is 3. The standard InChI is InChI=1S/C15H28ClN3O/c1-7-17-12(15(20-6)10(3)4)9-13-14(16)11(5)18-19(13)8-2/h10,12,15,17H,7-9H2,1-6H3. The van der Waals surface area contributed by atoms with Crippen molar-refractivity contribution < 1.29 is 4.74 Å². The first kappa shape index (κ1) is 17.5. The lowest BCUT2D eigenvalue weighted by molar-refractivity contribution is 0.0331. The highest BCUT2D eigenvalue weighted by atomic mass is 35.5. The second-order valence-corrected chi connectivity index (χ2v) is 5.85. The zero-order chi connectivity index (χ0) is 15.3. The Morgan fingerprint density at radius 3 is 2.45 bits per heavy atom. The van der Waals surface area contributed by atoms with Crippen LogP contribution in [0.15, 0.2) is 0 Å². The van der Waals surface area contributed by atoms with Gasteiger partial charge in [0.15, 0.2) is 0 Å². The Morgan fingerprint density at radius 1 is 1.35 bits per heavy atom. The number of likely N-dealkylation sites (N-methyl/N-ethyl adjacent to an activating group) is 1. The van der Waals surface area contributed by atoms with Gasteiger partial charge in [-0.25, -0.2) is 0 Å². The molecule has 116 valence electrons. The number of rotatable bonds is 8. The first-order valence-electron chi connectivity index (χ1n) is 7.44. The Balaban J connectivity index is 3.01. The average Bonchev–Trinajstić information content (AvgIpc) is 2.67. The van der Waals surface area contributed by atoms with Gasteiger partial charge in [-0.15, -0.1) is 0 Å². The summed E-state index contributed by atoms with van der Waals surface area (Å²) in [4.78, 5) is 0. The molecule has 0 amide bonds. The summed E-state index contributed by atoms with van der Waals surface area (Å²) in [7, 11) is 1.78. The summed E-state index contributed by atoms with van der Waals surface area (Å²) < 4.78 is 7.68. The number of halogens is 1. The molecule has 2 atom stereocenters. The maximum atomic E-state index is 6.41. The fraction of sp³-hybridized carbons (Fsp3) is 0.800. The second kappa shape index (κ2) is 8.01. The third-order valence-electron chi connectivity index (χ3n) is 3.66. The fourth-order valence-electron chi connectivity index (χ4n) is 2.74. The van der Waals surface area contributed by atoms with E-state index in [9.17, 15) is 0 Å². The van der Waals surface area contributed by atoms with Gasteiger partial charge in [0.2, 0.25) is 0 Å². The number of nitrogens with zero attached hydrogens (tertiary/aromatic N) is 2. The van der Waals surface area contributed by atoms with Crippen LogP contribution in [0.4, 0.5) is 0 Å². The van der Waals surface area contributed by atoms with Crippen LogP contribution in [0.5, 0.6) is 0 Å². The van der Waals surface area contributed by atoms with Gasteiger partial charge in [-0.1, -0.05) is 32.4 Å². The third-order valence-corrected chi connectivity index (χ3v) is 4.15. The summed E-state index contributed by atoms with van der Waals surface area (Å²) in [6.07, 6.45) is 0.990. The number of ether oxygens (including phenoxy) is 1. The van der Waals surface area contributed by atoms with Gasteiger partial charge in [0.25, 0.3) is 0 Å². The van der Waals surface area contributed by atoms with Gasteiger partial charge >= 0.3 is 0 Å². The Bertz CT molecular complexity index is 417. The topological polar surface area (TPSA) is 39.1 Å². The fourth-order valence-corrected chi connectivity index (χ4v) is 2.95. The average molecular weight is 302 g/mol. The highest BCUT2D eigenvalue weighted by Gasteiger charge is 2.26. The quantitative estimate of drug-likeness (QED) is 0.802. The van der Waals surface area contributed by atoms with E-state index in [1.807, 2.05) is 11.6 Å². The van der Waals surface area contributed by atoms with Crippen molar-refractivity contribution in [3.63, 3.8) is 0 Å². The molecule has 1 aromatic heterocycles. The van der Waals surface area contributed by atoms with Crippen LogP contribution >= 0.6 is 11.6 Å². The smallest absolute Gasteiger partial charge is 0.0847 e. The summed E-state index contributed by atoms with van der Waals surface area (Å²) >= 11 is 6.41. The summed E-state index contributed by atoms with van der Waals surface area (Å²) in [5, 5.41) is 8.80. The van der Waals surface area contributed by atoms with Gasteiger partial charge in [-0.3, -0.25) is 4.68 Å². The lowest BCUT2D eigenvalue weighted by Crippen LogP contribution is -2.45. The number of methoxy groups -OCH3 is 1. The van der Waals surface area contributed by atoms with Gasteiger partial charge in [-0.05, 0) is 26.3 Å². The van der Waals surface area contributed by atoms with Crippen LogP contribution in [-0.2, 0) is 17.7 Å². The summed E-state index contributed by atoms with van der Waals surface area (Å²) in [5.74, 6) is 0.446. The number of nitrogens with one attached hydrogen (secondary N) is 1. The predicted molar refractivity (Wildman–Crippen MR) is 84.5 cm³/mol. The first-order valence-corrected chi connectivity index (χ1v) is 7.81. The molecule has 2 unspecified atom stereocenters. The molecule has 0 spiro atoms. The van der Waals surface area contributed by atoms with Gasteiger partial charge in [0, 0.05) is 26.1 Å². The van der Waals surface area contributed by atoms with E-state index in [2.05, 4.69) is 38.1 Å². The van der Waals surface area contributed by atoms with E-state index in [0.717, 1.165) is 35.9 Å². The normalized spacial score (nSPS) is 14.8. The van der Waals surface area contributed by atoms with Crippen molar-refractivity contribution in [2.45, 2.75) is 59.7 Å². The van der Waals surface area contributed by atoms with E-state index >= 15 is 0 Å². The lowest BCUT2D eigenvalue weighted by Gasteiger charge is -2.30. The summed E-state index contributed by atoms with van der Waals surface area (Å²) in [6, 6.07) is 0.240. The molecule has 0 saturated heterocycles. The van der Waals surface area contributed by atoms with Crippen LogP contribution in [-0.4, -0.2) is 35.6 Å². The van der Waals surface area contributed by atoms with Crippen molar-refractivity contribution in [3.05, 3.63) is 16.4 Å². The van der Waals surface area contributed by atoms with Gasteiger partial charge in [0.1, 0.15) is 0 Å². The molecule has 0 bridgehead atoms. The van der Waals surface area contributed by atoms with Crippen LogP contribution in [0.1, 0.15) is 39.1 Å². The highest BCUT2D eigenvalue weighted by molar-refractivity contribution is 6.31. The molecular weight excluding hydrogens is 274 g/mol. The highest BCUT2D eigenvalue weighted by Crippen LogP contribution is 2.24. The molecule has 0 fully saturated rings. The Kier molecular flexibility index (Phi) is 7.00. The zero-order valence-corrected chi connectivity index (χ0v) is 14.3. The first-order chi connectivity index (χ1) is 9.46. The van der Waals surface area contributed by atoms with Crippen molar-refractivity contribution in [1.82, 2.24) is 15.1 Å². The zero-order valence-electron chi connectivity index (χ0n) is 13.5. The van der Waals surface area contributed by atoms with Crippen molar-refractivity contribution in [3.8, 4) is 0 Å². The molecule has 0 aliphatic rings. The van der Waals surface area contributed by atoms with E-state index in [1.54, 1.807) is 7.11 Å². The lowest BCUT2D eigenvalue weighted by atomic mass is 9.95. The minimum absolute atomic E-state index is 0.159. The van der Waals surface area contributed by atoms with E-state index in [-0.39, 0.29) is 12.1 Å². The predicted octanol–water partition coefficient (Wildman–Crippen LogP) is 3.06. The van der Waals surface area contributed by atoms with Gasteiger partial charge < -0.3 is 10.1 Å². The molecule has 0 aliphatic heterocycles. The Labute approximate surface area is 127 Å². The van der Waals surface area contributed by atoms with Crippen LogP contribution in [0.2, 0.25) is 5.02 Å². The maximum Gasteiger partial charge on any atom is 0.0847 e. The van der Waals surface area contributed by atoms with E-state index in [4.69, 9.17) is 16.3 Å². The molecule has 1 aromatic rings. The molecule has 20 heavy (non-hydrogen) atoms. The molecular formula is C15H28ClN3O. The molecule has 0 aromatic carbocycles. The van der Waals surface area contributed by atoms with E-state index in [0.29, 0.717) is 5.92 Å². The molecule has 0 aliphatic carbocycles. The van der Waals surface area contributed by atoms with Crippen LogP contribution < -0.4 is 5.32 Å². The van der Waals surface area contributed by atoms with Crippen molar-refractivity contribution in [2.24, 2.45) is 5.92 Å². The molecule has 1 rings (SSSR count). The molecule has 1 heterocycles. The Hall–Kier alpha value is -0.580. The Morgan fingerprint density at radius 2 is 2.00 bits per heavy atom. The third kappa shape index (κ3) is 3.96. The van der Waals surface area contributed by atoms with Crippen molar-refractivity contribution in [1.29, 1.82) is 0 Å². The number of aromatic nitrogens is 2. The van der Waals surface area contributed by atoms with Gasteiger partial charge in [0.05, 0.1) is 22.5 Å². The monoisotopic (exact) mass is 301 g/mol. The molecule has 0 radical (unpaired) electrons. The van der Waals surface area contributed by atoms with E-state index < -0.39 is 0 Å². The minimum atomic E-state index is 0.159. The molecule has 4 nitrogen and oxygen atoms in total. The summed E-state index contributed by atoms with van der Waals surface area (Å²) in [6.45, 7) is 12.3. The largest absolute Gasteiger partial charge is 0.380 e. The van der Waals surface area contributed by atoms with E-state index in [1.165, 1.54) is 0 Å². The molecule has 0 saturated carbocycles. The van der Waals surface area contributed by atoms with Gasteiger partial charge in [-0.2, -0.15) is 5.10 Å².